The van der Waals surface area contributed by atoms with Crippen LogP contribution in [0.3, 0.4) is 0 Å². The Labute approximate surface area is 207 Å². The first kappa shape index (κ1) is 25.5. The summed E-state index contributed by atoms with van der Waals surface area (Å²) in [4.78, 5) is 33.9. The van der Waals surface area contributed by atoms with Crippen molar-refractivity contribution >= 4 is 11.8 Å². The molecule has 3 aliphatic rings. The van der Waals surface area contributed by atoms with E-state index in [9.17, 15) is 19.8 Å². The van der Waals surface area contributed by atoms with Crippen molar-refractivity contribution in [3.05, 3.63) is 23.4 Å². The normalized spacial score (nSPS) is 24.4. The number of ether oxygens (including phenoxy) is 1. The van der Waals surface area contributed by atoms with Crippen molar-refractivity contribution in [2.24, 2.45) is 11.8 Å². The summed E-state index contributed by atoms with van der Waals surface area (Å²) in [7, 11) is 1.79. The molecule has 1 aromatic heterocycles. The Kier molecular flexibility index (Phi) is 7.67. The Bertz CT molecular complexity index is 1010. The molecule has 2 fully saturated rings. The molecule has 1 aliphatic heterocycles. The standard InChI is InChI=1S/C27H37N3O5/c1-18-15-30(19(2)17-31)26(33)22-12-21(8-11-27(34)9-4-5-10-27)14-28-25(22)35-23(18)16-29(3)24(32)13-20-6-7-20/h12,14,18-20,23,31,34H,4-7,9-10,13,15-17H2,1-3H3/t18-,19+,23-/m1/s1. The molecule has 2 heterocycles. The Morgan fingerprint density at radius 1 is 1.37 bits per heavy atom. The van der Waals surface area contributed by atoms with E-state index in [0.717, 1.165) is 25.7 Å². The third-order valence-electron chi connectivity index (χ3n) is 7.43. The highest BCUT2D eigenvalue weighted by Gasteiger charge is 2.35. The number of rotatable bonds is 6. The number of carbonyl (C=O) groups is 2. The summed E-state index contributed by atoms with van der Waals surface area (Å²) in [6, 6.07) is 1.27. The number of pyridine rings is 1. The van der Waals surface area contributed by atoms with Gasteiger partial charge in [-0.2, -0.15) is 0 Å². The Balaban J connectivity index is 1.61. The van der Waals surface area contributed by atoms with Gasteiger partial charge in [0, 0.05) is 37.7 Å². The molecule has 8 heteroatoms. The van der Waals surface area contributed by atoms with Crippen LogP contribution in [-0.2, 0) is 4.79 Å². The topological polar surface area (TPSA) is 103 Å². The van der Waals surface area contributed by atoms with Crippen molar-refractivity contribution in [2.75, 3.05) is 26.7 Å². The van der Waals surface area contributed by atoms with Crippen LogP contribution in [0.15, 0.2) is 12.3 Å². The maximum Gasteiger partial charge on any atom is 0.259 e. The summed E-state index contributed by atoms with van der Waals surface area (Å²) in [6.07, 6.45) is 7.18. The van der Waals surface area contributed by atoms with Gasteiger partial charge < -0.3 is 24.7 Å². The van der Waals surface area contributed by atoms with Crippen molar-refractivity contribution in [2.45, 2.75) is 76.5 Å². The highest BCUT2D eigenvalue weighted by molar-refractivity contribution is 5.97. The number of hydrogen-bond acceptors (Lipinski definition) is 6. The summed E-state index contributed by atoms with van der Waals surface area (Å²) in [6.45, 7) is 4.39. The molecule has 3 atom stereocenters. The Morgan fingerprint density at radius 2 is 2.09 bits per heavy atom. The van der Waals surface area contributed by atoms with Gasteiger partial charge in [0.05, 0.1) is 19.2 Å². The molecule has 8 nitrogen and oxygen atoms in total. The van der Waals surface area contributed by atoms with Crippen LogP contribution in [0.1, 0.15) is 74.7 Å². The van der Waals surface area contributed by atoms with Crippen LogP contribution in [-0.4, -0.2) is 81.3 Å². The number of amides is 2. The van der Waals surface area contributed by atoms with E-state index in [1.165, 1.54) is 0 Å². The molecule has 0 spiro atoms. The van der Waals surface area contributed by atoms with Gasteiger partial charge in [0.2, 0.25) is 11.8 Å². The second-order valence-corrected chi connectivity index (χ2v) is 10.6. The van der Waals surface area contributed by atoms with Crippen molar-refractivity contribution in [3.63, 3.8) is 0 Å². The van der Waals surface area contributed by atoms with Gasteiger partial charge in [-0.15, -0.1) is 0 Å². The van der Waals surface area contributed by atoms with Crippen molar-refractivity contribution < 1.29 is 24.5 Å². The average molecular weight is 484 g/mol. The summed E-state index contributed by atoms with van der Waals surface area (Å²) in [5.41, 5.74) is -0.181. The molecule has 0 bridgehead atoms. The van der Waals surface area contributed by atoms with Gasteiger partial charge >= 0.3 is 0 Å². The van der Waals surface area contributed by atoms with Crippen LogP contribution in [0.4, 0.5) is 0 Å². The van der Waals surface area contributed by atoms with E-state index in [4.69, 9.17) is 4.74 Å². The van der Waals surface area contributed by atoms with Crippen LogP contribution in [0.5, 0.6) is 5.88 Å². The molecular weight excluding hydrogens is 446 g/mol. The molecule has 2 aliphatic carbocycles. The van der Waals surface area contributed by atoms with Crippen LogP contribution in [0, 0.1) is 23.7 Å². The van der Waals surface area contributed by atoms with Crippen molar-refractivity contribution in [3.8, 4) is 17.7 Å². The molecule has 2 amide bonds. The monoisotopic (exact) mass is 483 g/mol. The summed E-state index contributed by atoms with van der Waals surface area (Å²) in [5, 5.41) is 20.4. The lowest BCUT2D eigenvalue weighted by molar-refractivity contribution is -0.131. The number of aliphatic hydroxyl groups excluding tert-OH is 1. The minimum Gasteiger partial charge on any atom is -0.472 e. The lowest BCUT2D eigenvalue weighted by atomic mass is 9.99. The molecule has 4 rings (SSSR count). The first-order valence-electron chi connectivity index (χ1n) is 12.8. The minimum absolute atomic E-state index is 0.0878. The molecule has 0 aromatic carbocycles. The van der Waals surface area contributed by atoms with Gasteiger partial charge in [0.25, 0.3) is 5.91 Å². The quantitative estimate of drug-likeness (QED) is 0.602. The second-order valence-electron chi connectivity index (χ2n) is 10.6. The van der Waals surface area contributed by atoms with Gasteiger partial charge in [0.1, 0.15) is 17.3 Å². The van der Waals surface area contributed by atoms with Gasteiger partial charge in [-0.05, 0) is 57.4 Å². The van der Waals surface area contributed by atoms with Crippen molar-refractivity contribution in [1.82, 2.24) is 14.8 Å². The fourth-order valence-corrected chi connectivity index (χ4v) is 4.76. The molecular formula is C27H37N3O5. The fourth-order valence-electron chi connectivity index (χ4n) is 4.76. The number of hydrogen-bond donors (Lipinski definition) is 2. The first-order valence-corrected chi connectivity index (χ1v) is 12.8. The Hall–Kier alpha value is -2.63. The van der Waals surface area contributed by atoms with Crippen LogP contribution < -0.4 is 4.74 Å². The molecule has 1 aromatic rings. The van der Waals surface area contributed by atoms with E-state index in [0.29, 0.717) is 43.8 Å². The summed E-state index contributed by atoms with van der Waals surface area (Å²) in [5.74, 6) is 6.40. The molecule has 190 valence electrons. The highest BCUT2D eigenvalue weighted by atomic mass is 16.5. The van der Waals surface area contributed by atoms with E-state index in [1.807, 2.05) is 6.92 Å². The van der Waals surface area contributed by atoms with E-state index < -0.39 is 5.60 Å². The smallest absolute Gasteiger partial charge is 0.259 e. The molecule has 2 N–H and O–H groups in total. The number of aliphatic hydroxyl groups is 2. The van der Waals surface area contributed by atoms with E-state index in [2.05, 4.69) is 16.8 Å². The molecule has 0 saturated heterocycles. The third-order valence-corrected chi connectivity index (χ3v) is 7.43. The fraction of sp³-hybridized carbons (Fsp3) is 0.667. The second kappa shape index (κ2) is 10.5. The van der Waals surface area contributed by atoms with Gasteiger partial charge in [0.15, 0.2) is 0 Å². The maximum absolute atomic E-state index is 13.5. The summed E-state index contributed by atoms with van der Waals surface area (Å²) >= 11 is 0. The molecule has 0 radical (unpaired) electrons. The maximum atomic E-state index is 13.5. The zero-order valence-electron chi connectivity index (χ0n) is 21.0. The van der Waals surface area contributed by atoms with Gasteiger partial charge in [-0.3, -0.25) is 9.59 Å². The predicted octanol–water partition coefficient (Wildman–Crippen LogP) is 2.22. The average Bonchev–Trinajstić information content (AvgIpc) is 3.56. The number of fused-ring (bicyclic) bond motifs is 1. The van der Waals surface area contributed by atoms with Crippen LogP contribution >= 0.6 is 0 Å². The van der Waals surface area contributed by atoms with E-state index in [1.54, 1.807) is 36.0 Å². The SMILES string of the molecule is C[C@@H]1CN([C@@H](C)CO)C(=O)c2cc(C#CC3(O)CCCC3)cnc2O[C@@H]1CN(C)C(=O)CC1CC1. The predicted molar refractivity (Wildman–Crippen MR) is 131 cm³/mol. The third kappa shape index (κ3) is 6.14. The molecule has 0 unspecified atom stereocenters. The minimum atomic E-state index is -0.986. The van der Waals surface area contributed by atoms with Crippen LogP contribution in [0.2, 0.25) is 0 Å². The lowest BCUT2D eigenvalue weighted by Crippen LogP contribution is -2.50. The zero-order valence-corrected chi connectivity index (χ0v) is 21.0. The number of aromatic nitrogens is 1. The van der Waals surface area contributed by atoms with E-state index in [-0.39, 0.29) is 47.9 Å². The van der Waals surface area contributed by atoms with Gasteiger partial charge in [-0.25, -0.2) is 4.98 Å². The van der Waals surface area contributed by atoms with Crippen LogP contribution in [0.25, 0.3) is 0 Å². The van der Waals surface area contributed by atoms with Crippen molar-refractivity contribution in [1.29, 1.82) is 0 Å². The largest absolute Gasteiger partial charge is 0.472 e. The first-order chi connectivity index (χ1) is 16.7. The number of carbonyl (C=O) groups excluding carboxylic acids is 2. The Morgan fingerprint density at radius 3 is 2.74 bits per heavy atom. The highest BCUT2D eigenvalue weighted by Crippen LogP contribution is 2.33. The molecule has 35 heavy (non-hydrogen) atoms. The summed E-state index contributed by atoms with van der Waals surface area (Å²) < 4.78 is 6.26. The molecule has 2 saturated carbocycles. The number of likely N-dealkylation sites (N-methyl/N-ethyl adjacent to an activating group) is 1. The lowest BCUT2D eigenvalue weighted by Gasteiger charge is -2.37. The zero-order chi connectivity index (χ0) is 25.2. The number of nitrogens with zero attached hydrogens (tertiary/aromatic N) is 3. The van der Waals surface area contributed by atoms with E-state index >= 15 is 0 Å². The van der Waals surface area contributed by atoms with Gasteiger partial charge in [-0.1, -0.05) is 18.8 Å².